The third-order valence-electron chi connectivity index (χ3n) is 2.11. The molecule has 0 saturated carbocycles. The first-order valence-electron chi connectivity index (χ1n) is 4.81. The monoisotopic (exact) mass is 250 g/mol. The summed E-state index contributed by atoms with van der Waals surface area (Å²) in [5.41, 5.74) is 9.17. The van der Waals surface area contributed by atoms with Crippen LogP contribution in [-0.2, 0) is 6.54 Å². The molecule has 1 aromatic carbocycles. The van der Waals surface area contributed by atoms with Crippen molar-refractivity contribution in [3.63, 3.8) is 0 Å². The van der Waals surface area contributed by atoms with Crippen LogP contribution in [0.1, 0.15) is 5.69 Å². The maximum atomic E-state index is 10.6. The van der Waals surface area contributed by atoms with Gasteiger partial charge < -0.3 is 11.1 Å². The number of hydrogen-bond donors (Lipinski definition) is 2. The van der Waals surface area contributed by atoms with Crippen molar-refractivity contribution in [1.29, 1.82) is 0 Å². The van der Waals surface area contributed by atoms with Gasteiger partial charge in [0.05, 0.1) is 22.7 Å². The third kappa shape index (κ3) is 2.91. The van der Waals surface area contributed by atoms with Gasteiger partial charge in [0.1, 0.15) is 0 Å². The van der Waals surface area contributed by atoms with E-state index in [0.29, 0.717) is 17.9 Å². The lowest BCUT2D eigenvalue weighted by Crippen LogP contribution is -2.01. The SMILES string of the molecule is Nc1cc(NCc2cscn2)cc([N+](=O)[O-])c1. The molecule has 0 aliphatic heterocycles. The van der Waals surface area contributed by atoms with Gasteiger partial charge in [-0.15, -0.1) is 11.3 Å². The van der Waals surface area contributed by atoms with Crippen LogP contribution in [0.3, 0.4) is 0 Å². The summed E-state index contributed by atoms with van der Waals surface area (Å²) in [6, 6.07) is 4.43. The number of benzene rings is 1. The van der Waals surface area contributed by atoms with Gasteiger partial charge in [0, 0.05) is 28.9 Å². The van der Waals surface area contributed by atoms with Crippen molar-refractivity contribution < 1.29 is 4.92 Å². The number of nitrogen functional groups attached to an aromatic ring is 1. The van der Waals surface area contributed by atoms with Gasteiger partial charge in [0.2, 0.25) is 0 Å². The standard InChI is InChI=1S/C10H10N4O2S/c11-7-1-8(3-10(2-7)14(15)16)12-4-9-5-17-6-13-9/h1-3,5-6,12H,4,11H2. The predicted molar refractivity (Wildman–Crippen MR) is 66.9 cm³/mol. The average Bonchev–Trinajstić information content (AvgIpc) is 2.78. The molecule has 17 heavy (non-hydrogen) atoms. The van der Waals surface area contributed by atoms with Crippen molar-refractivity contribution >= 4 is 28.4 Å². The molecule has 2 aromatic rings. The van der Waals surface area contributed by atoms with E-state index in [2.05, 4.69) is 10.3 Å². The Kier molecular flexibility index (Phi) is 3.20. The van der Waals surface area contributed by atoms with Crippen LogP contribution in [0.5, 0.6) is 0 Å². The summed E-state index contributed by atoms with van der Waals surface area (Å²) in [4.78, 5) is 14.3. The highest BCUT2D eigenvalue weighted by Gasteiger charge is 2.08. The highest BCUT2D eigenvalue weighted by atomic mass is 32.1. The van der Waals surface area contributed by atoms with Gasteiger partial charge in [-0.3, -0.25) is 10.1 Å². The molecule has 3 N–H and O–H groups in total. The zero-order chi connectivity index (χ0) is 12.3. The first-order chi connectivity index (χ1) is 8.15. The molecule has 0 bridgehead atoms. The van der Waals surface area contributed by atoms with Crippen molar-refractivity contribution in [3.05, 3.63) is 44.9 Å². The molecule has 1 heterocycles. The Hall–Kier alpha value is -2.15. The number of nitro groups is 1. The van der Waals surface area contributed by atoms with Gasteiger partial charge in [-0.1, -0.05) is 0 Å². The summed E-state index contributed by atoms with van der Waals surface area (Å²) in [7, 11) is 0. The number of aromatic nitrogens is 1. The van der Waals surface area contributed by atoms with Gasteiger partial charge in [-0.2, -0.15) is 0 Å². The number of nitrogens with one attached hydrogen (secondary N) is 1. The smallest absolute Gasteiger partial charge is 0.273 e. The lowest BCUT2D eigenvalue weighted by molar-refractivity contribution is -0.384. The van der Waals surface area contributed by atoms with Gasteiger partial charge in [-0.05, 0) is 6.07 Å². The summed E-state index contributed by atoms with van der Waals surface area (Å²) in [6.07, 6.45) is 0. The number of nitrogens with zero attached hydrogens (tertiary/aromatic N) is 2. The number of thiazole rings is 1. The third-order valence-corrected chi connectivity index (χ3v) is 2.74. The summed E-state index contributed by atoms with van der Waals surface area (Å²) in [5.74, 6) is 0. The Morgan fingerprint density at radius 3 is 2.94 bits per heavy atom. The second-order valence-electron chi connectivity index (χ2n) is 3.40. The molecule has 1 aromatic heterocycles. The Balaban J connectivity index is 2.13. The van der Waals surface area contributed by atoms with Crippen LogP contribution in [0.15, 0.2) is 29.1 Å². The van der Waals surface area contributed by atoms with Crippen LogP contribution in [0, 0.1) is 10.1 Å². The number of hydrogen-bond acceptors (Lipinski definition) is 6. The van der Waals surface area contributed by atoms with Gasteiger partial charge >= 0.3 is 0 Å². The van der Waals surface area contributed by atoms with Crippen molar-refractivity contribution in [3.8, 4) is 0 Å². The molecule has 2 rings (SSSR count). The Bertz CT molecular complexity index is 527. The highest BCUT2D eigenvalue weighted by Crippen LogP contribution is 2.22. The quantitative estimate of drug-likeness (QED) is 0.493. The molecule has 6 nitrogen and oxygen atoms in total. The molecular formula is C10H10N4O2S. The minimum absolute atomic E-state index is 0.0224. The van der Waals surface area contributed by atoms with Crippen molar-refractivity contribution in [2.75, 3.05) is 11.1 Å². The molecular weight excluding hydrogens is 240 g/mol. The van der Waals surface area contributed by atoms with E-state index in [0.717, 1.165) is 5.69 Å². The van der Waals surface area contributed by atoms with E-state index in [4.69, 9.17) is 5.73 Å². The van der Waals surface area contributed by atoms with E-state index in [-0.39, 0.29) is 5.69 Å². The molecule has 88 valence electrons. The van der Waals surface area contributed by atoms with Crippen LogP contribution in [0.2, 0.25) is 0 Å². The van der Waals surface area contributed by atoms with Gasteiger partial charge in [0.15, 0.2) is 0 Å². The molecule has 0 unspecified atom stereocenters. The highest BCUT2D eigenvalue weighted by molar-refractivity contribution is 7.07. The molecule has 0 amide bonds. The molecule has 0 aliphatic rings. The zero-order valence-electron chi connectivity index (χ0n) is 8.79. The molecule has 0 radical (unpaired) electrons. The van der Waals surface area contributed by atoms with E-state index in [9.17, 15) is 10.1 Å². The van der Waals surface area contributed by atoms with Crippen molar-refractivity contribution in [2.45, 2.75) is 6.54 Å². The average molecular weight is 250 g/mol. The fourth-order valence-electron chi connectivity index (χ4n) is 1.36. The number of anilines is 2. The normalized spacial score (nSPS) is 10.1. The molecule has 0 atom stereocenters. The first-order valence-corrected chi connectivity index (χ1v) is 5.75. The van der Waals surface area contributed by atoms with Crippen LogP contribution < -0.4 is 11.1 Å². The second-order valence-corrected chi connectivity index (χ2v) is 4.12. The lowest BCUT2D eigenvalue weighted by Gasteiger charge is -2.05. The van der Waals surface area contributed by atoms with E-state index in [1.165, 1.54) is 23.5 Å². The maximum absolute atomic E-state index is 10.6. The number of nitrogens with two attached hydrogens (primary N) is 1. The van der Waals surface area contributed by atoms with Crippen molar-refractivity contribution in [1.82, 2.24) is 4.98 Å². The molecule has 7 heteroatoms. The van der Waals surface area contributed by atoms with Gasteiger partial charge in [-0.25, -0.2) is 4.98 Å². The van der Waals surface area contributed by atoms with Crippen LogP contribution in [-0.4, -0.2) is 9.91 Å². The van der Waals surface area contributed by atoms with Crippen LogP contribution in [0.4, 0.5) is 17.1 Å². The minimum Gasteiger partial charge on any atom is -0.398 e. The van der Waals surface area contributed by atoms with E-state index < -0.39 is 4.92 Å². The zero-order valence-corrected chi connectivity index (χ0v) is 9.61. The number of rotatable bonds is 4. The molecule has 0 aliphatic carbocycles. The summed E-state index contributed by atoms with van der Waals surface area (Å²) >= 11 is 1.50. The maximum Gasteiger partial charge on any atom is 0.273 e. The largest absolute Gasteiger partial charge is 0.398 e. The van der Waals surface area contributed by atoms with E-state index >= 15 is 0 Å². The van der Waals surface area contributed by atoms with E-state index in [1.807, 2.05) is 5.38 Å². The first kappa shape index (κ1) is 11.3. The molecule has 0 saturated heterocycles. The summed E-state index contributed by atoms with van der Waals surface area (Å²) in [6.45, 7) is 0.518. The van der Waals surface area contributed by atoms with Crippen molar-refractivity contribution in [2.24, 2.45) is 0 Å². The van der Waals surface area contributed by atoms with Crippen LogP contribution in [0.25, 0.3) is 0 Å². The van der Waals surface area contributed by atoms with E-state index in [1.54, 1.807) is 11.6 Å². The fourth-order valence-corrected chi connectivity index (χ4v) is 1.92. The minimum atomic E-state index is -0.468. The predicted octanol–water partition coefficient (Wildman–Crippen LogP) is 2.25. The second kappa shape index (κ2) is 4.79. The topological polar surface area (TPSA) is 94.1 Å². The Labute approximate surface area is 101 Å². The Morgan fingerprint density at radius 1 is 1.47 bits per heavy atom. The molecule has 0 spiro atoms. The fraction of sp³-hybridized carbons (Fsp3) is 0.100. The Morgan fingerprint density at radius 2 is 2.29 bits per heavy atom. The number of nitro benzene ring substituents is 1. The number of non-ortho nitro benzene ring substituents is 1. The van der Waals surface area contributed by atoms with Gasteiger partial charge in [0.25, 0.3) is 5.69 Å². The summed E-state index contributed by atoms with van der Waals surface area (Å²) < 4.78 is 0. The summed E-state index contributed by atoms with van der Waals surface area (Å²) in [5, 5.41) is 15.6. The lowest BCUT2D eigenvalue weighted by atomic mass is 10.2. The van der Waals surface area contributed by atoms with Crippen LogP contribution >= 0.6 is 11.3 Å². The molecule has 0 fully saturated rings.